The topological polar surface area (TPSA) is 68.5 Å². The van der Waals surface area contributed by atoms with Crippen molar-refractivity contribution < 1.29 is 18.7 Å². The average Bonchev–Trinajstić information content (AvgIpc) is 2.94. The van der Waals surface area contributed by atoms with Crippen molar-refractivity contribution in [3.63, 3.8) is 0 Å². The summed E-state index contributed by atoms with van der Waals surface area (Å²) in [6.45, 7) is 0. The third-order valence-corrected chi connectivity index (χ3v) is 3.69. The number of furan rings is 1. The lowest BCUT2D eigenvalue weighted by Gasteiger charge is -2.14. The van der Waals surface area contributed by atoms with Gasteiger partial charge in [-0.2, -0.15) is 11.8 Å². The normalized spacial score (nSPS) is 12.1. The summed E-state index contributed by atoms with van der Waals surface area (Å²) in [5.74, 6) is 0.0747. The van der Waals surface area contributed by atoms with E-state index in [9.17, 15) is 9.59 Å². The summed E-state index contributed by atoms with van der Waals surface area (Å²) in [5, 5.41) is 3.51. The molecule has 21 heavy (non-hydrogen) atoms. The second-order valence-corrected chi connectivity index (χ2v) is 5.46. The van der Waals surface area contributed by atoms with Crippen LogP contribution in [0.1, 0.15) is 17.0 Å². The van der Waals surface area contributed by atoms with Crippen LogP contribution in [0.5, 0.6) is 0 Å². The van der Waals surface area contributed by atoms with E-state index in [0.717, 1.165) is 11.1 Å². The molecule has 1 aromatic heterocycles. The summed E-state index contributed by atoms with van der Waals surface area (Å²) >= 11 is 1.60. The van der Waals surface area contributed by atoms with E-state index < -0.39 is 17.9 Å². The molecule has 0 aliphatic carbocycles. The second-order valence-electron chi connectivity index (χ2n) is 4.48. The molecule has 1 N–H and O–H groups in total. The Labute approximate surface area is 127 Å². The number of rotatable bonds is 6. The van der Waals surface area contributed by atoms with Crippen molar-refractivity contribution in [1.29, 1.82) is 0 Å². The summed E-state index contributed by atoms with van der Waals surface area (Å²) in [7, 11) is 1.31. The first-order valence-corrected chi connectivity index (χ1v) is 7.91. The number of esters is 1. The van der Waals surface area contributed by atoms with Gasteiger partial charge in [0.2, 0.25) is 0 Å². The van der Waals surface area contributed by atoms with Crippen molar-refractivity contribution in [1.82, 2.24) is 5.32 Å². The lowest BCUT2D eigenvalue weighted by molar-refractivity contribution is -0.142. The molecule has 1 aromatic carbocycles. The number of nitrogens with one attached hydrogen (secondary N) is 1. The zero-order valence-corrected chi connectivity index (χ0v) is 12.7. The average molecular weight is 307 g/mol. The number of carbonyl (C=O) groups is 2. The van der Waals surface area contributed by atoms with Gasteiger partial charge in [-0.15, -0.1) is 0 Å². The molecule has 0 aliphatic heterocycles. The fraction of sp³-hybridized carbons (Fsp3) is 0.333. The van der Waals surface area contributed by atoms with Crippen molar-refractivity contribution in [3.05, 3.63) is 36.1 Å². The minimum absolute atomic E-state index is 0.189. The van der Waals surface area contributed by atoms with E-state index in [-0.39, 0.29) is 5.76 Å². The van der Waals surface area contributed by atoms with Gasteiger partial charge >= 0.3 is 5.97 Å². The van der Waals surface area contributed by atoms with Crippen LogP contribution in [-0.4, -0.2) is 37.0 Å². The molecule has 112 valence electrons. The number of para-hydroxylation sites is 1. The molecule has 0 radical (unpaired) electrons. The van der Waals surface area contributed by atoms with E-state index in [1.165, 1.54) is 7.11 Å². The summed E-state index contributed by atoms with van der Waals surface area (Å²) in [6.07, 6.45) is 2.45. The van der Waals surface area contributed by atoms with Crippen LogP contribution in [0.3, 0.4) is 0 Å². The van der Waals surface area contributed by atoms with Crippen molar-refractivity contribution >= 4 is 34.6 Å². The maximum absolute atomic E-state index is 12.2. The van der Waals surface area contributed by atoms with Gasteiger partial charge in [0.1, 0.15) is 11.6 Å². The Hall–Kier alpha value is -1.95. The number of benzene rings is 1. The smallest absolute Gasteiger partial charge is 0.328 e. The molecule has 1 amide bonds. The summed E-state index contributed by atoms with van der Waals surface area (Å²) in [6, 6.07) is 8.35. The molecule has 0 bridgehead atoms. The van der Waals surface area contributed by atoms with Crippen LogP contribution in [-0.2, 0) is 9.53 Å². The largest absolute Gasteiger partial charge is 0.467 e. The maximum Gasteiger partial charge on any atom is 0.328 e. The van der Waals surface area contributed by atoms with Crippen LogP contribution in [0, 0.1) is 0 Å². The molecule has 0 spiro atoms. The van der Waals surface area contributed by atoms with Crippen molar-refractivity contribution in [2.75, 3.05) is 19.1 Å². The Morgan fingerprint density at radius 3 is 2.81 bits per heavy atom. The lowest BCUT2D eigenvalue weighted by Crippen LogP contribution is -2.41. The minimum Gasteiger partial charge on any atom is -0.467 e. The van der Waals surface area contributed by atoms with E-state index in [1.54, 1.807) is 23.9 Å². The molecule has 0 aliphatic rings. The molecule has 5 nitrogen and oxygen atoms in total. The van der Waals surface area contributed by atoms with E-state index in [1.807, 2.05) is 24.5 Å². The van der Waals surface area contributed by atoms with Crippen molar-refractivity contribution in [2.45, 2.75) is 12.5 Å². The number of thioether (sulfide) groups is 1. The monoisotopic (exact) mass is 307 g/mol. The predicted octanol–water partition coefficient (Wildman–Crippen LogP) is 2.46. The zero-order chi connectivity index (χ0) is 15.2. The number of ether oxygens (including phenoxy) is 1. The number of methoxy groups -OCH3 is 1. The molecule has 2 aromatic rings. The Bertz CT molecular complexity index is 604. The fourth-order valence-corrected chi connectivity index (χ4v) is 2.42. The van der Waals surface area contributed by atoms with E-state index >= 15 is 0 Å². The molecule has 0 saturated heterocycles. The zero-order valence-electron chi connectivity index (χ0n) is 11.9. The van der Waals surface area contributed by atoms with Gasteiger partial charge in [-0.3, -0.25) is 4.79 Å². The maximum atomic E-state index is 12.2. The minimum atomic E-state index is -0.664. The summed E-state index contributed by atoms with van der Waals surface area (Å²) < 4.78 is 10.2. The Morgan fingerprint density at radius 1 is 1.38 bits per heavy atom. The van der Waals surface area contributed by atoms with Crippen LogP contribution >= 0.6 is 11.8 Å². The molecule has 0 fully saturated rings. The highest BCUT2D eigenvalue weighted by atomic mass is 32.2. The number of hydrogen-bond donors (Lipinski definition) is 1. The van der Waals surface area contributed by atoms with Gasteiger partial charge in [0.05, 0.1) is 7.11 Å². The molecule has 1 heterocycles. The third-order valence-electron chi connectivity index (χ3n) is 3.05. The standard InChI is InChI=1S/C15H17NO4S/c1-19-15(18)11(7-8-21-2)16-14(17)13-9-10-5-3-4-6-12(10)20-13/h3-6,9,11H,7-8H2,1-2H3,(H,16,17)/t11-/m1/s1. The quantitative estimate of drug-likeness (QED) is 0.830. The highest BCUT2D eigenvalue weighted by Gasteiger charge is 2.23. The Balaban J connectivity index is 2.12. The van der Waals surface area contributed by atoms with E-state index in [4.69, 9.17) is 9.15 Å². The van der Waals surface area contributed by atoms with Crippen LogP contribution in [0.4, 0.5) is 0 Å². The van der Waals surface area contributed by atoms with Crippen molar-refractivity contribution in [3.8, 4) is 0 Å². The van der Waals surface area contributed by atoms with Gasteiger partial charge in [-0.1, -0.05) is 18.2 Å². The number of amides is 1. The van der Waals surface area contributed by atoms with Gasteiger partial charge in [-0.05, 0) is 30.6 Å². The molecular weight excluding hydrogens is 290 g/mol. The predicted molar refractivity (Wildman–Crippen MR) is 82.5 cm³/mol. The lowest BCUT2D eigenvalue weighted by atomic mass is 10.2. The molecule has 2 rings (SSSR count). The van der Waals surface area contributed by atoms with Crippen LogP contribution in [0.25, 0.3) is 11.0 Å². The van der Waals surface area contributed by atoms with Gasteiger partial charge < -0.3 is 14.5 Å². The number of carbonyl (C=O) groups excluding carboxylic acids is 2. The van der Waals surface area contributed by atoms with Crippen LogP contribution in [0.15, 0.2) is 34.7 Å². The van der Waals surface area contributed by atoms with Crippen LogP contribution in [0.2, 0.25) is 0 Å². The molecular formula is C15H17NO4S. The van der Waals surface area contributed by atoms with Gasteiger partial charge in [0.25, 0.3) is 5.91 Å². The van der Waals surface area contributed by atoms with Gasteiger partial charge in [0.15, 0.2) is 5.76 Å². The molecule has 0 saturated carbocycles. The Morgan fingerprint density at radius 2 is 2.14 bits per heavy atom. The first kappa shape index (κ1) is 15.4. The summed E-state index contributed by atoms with van der Waals surface area (Å²) in [4.78, 5) is 23.9. The highest BCUT2D eigenvalue weighted by Crippen LogP contribution is 2.18. The van der Waals surface area contributed by atoms with E-state index in [2.05, 4.69) is 5.32 Å². The molecule has 0 unspecified atom stereocenters. The third kappa shape index (κ3) is 3.78. The first-order chi connectivity index (χ1) is 10.2. The highest BCUT2D eigenvalue weighted by molar-refractivity contribution is 7.98. The Kier molecular flexibility index (Phi) is 5.27. The number of fused-ring (bicyclic) bond motifs is 1. The fourth-order valence-electron chi connectivity index (χ4n) is 1.95. The van der Waals surface area contributed by atoms with E-state index in [0.29, 0.717) is 12.0 Å². The van der Waals surface area contributed by atoms with Gasteiger partial charge in [-0.25, -0.2) is 4.79 Å². The van der Waals surface area contributed by atoms with Crippen molar-refractivity contribution in [2.24, 2.45) is 0 Å². The molecule has 6 heteroatoms. The number of hydrogen-bond acceptors (Lipinski definition) is 5. The van der Waals surface area contributed by atoms with Crippen LogP contribution < -0.4 is 5.32 Å². The first-order valence-electron chi connectivity index (χ1n) is 6.52. The SMILES string of the molecule is COC(=O)[C@@H](CCSC)NC(=O)c1cc2ccccc2o1. The second kappa shape index (κ2) is 7.17. The summed E-state index contributed by atoms with van der Waals surface area (Å²) in [5.41, 5.74) is 0.640. The van der Waals surface area contributed by atoms with Gasteiger partial charge in [0, 0.05) is 5.39 Å². The molecule has 1 atom stereocenters.